The molecule has 0 radical (unpaired) electrons. The van der Waals surface area contributed by atoms with Crippen molar-refractivity contribution in [1.29, 1.82) is 0 Å². The molecule has 1 rings (SSSR count). The molecule has 0 bridgehead atoms. The Morgan fingerprint density at radius 2 is 1.92 bits per heavy atom. The van der Waals surface area contributed by atoms with Crippen molar-refractivity contribution < 1.29 is 13.6 Å². The second kappa shape index (κ2) is 3.51. The topological polar surface area (TPSA) is 20.3 Å². The highest BCUT2D eigenvalue weighted by Gasteiger charge is 2.08. The summed E-state index contributed by atoms with van der Waals surface area (Å²) in [6.07, 6.45) is 0. The van der Waals surface area contributed by atoms with Crippen LogP contribution in [-0.2, 0) is 4.79 Å². The lowest BCUT2D eigenvalue weighted by molar-refractivity contribution is -0.116. The Kier molecular flexibility index (Phi) is 2.60. The van der Waals surface area contributed by atoms with Crippen LogP contribution in [0.25, 0.3) is 0 Å². The van der Waals surface area contributed by atoms with Gasteiger partial charge in [-0.15, -0.1) is 0 Å². The number of carbonyl (C=O) groups is 1. The molecule has 1 amide bonds. The summed E-state index contributed by atoms with van der Waals surface area (Å²) in [4.78, 5) is 12.1. The van der Waals surface area contributed by atoms with E-state index in [1.165, 1.54) is 24.9 Å². The van der Waals surface area contributed by atoms with E-state index in [0.717, 1.165) is 12.1 Å². The molecule has 0 unspecified atom stereocenters. The fourth-order valence-corrected chi connectivity index (χ4v) is 0.875. The summed E-state index contributed by atoms with van der Waals surface area (Å²) in [5, 5.41) is 0. The van der Waals surface area contributed by atoms with Gasteiger partial charge in [-0.2, -0.15) is 0 Å². The highest BCUT2D eigenvalue weighted by molar-refractivity contribution is 5.90. The van der Waals surface area contributed by atoms with E-state index in [1.54, 1.807) is 0 Å². The maximum absolute atomic E-state index is 12.7. The Bertz CT molecular complexity index is 338. The van der Waals surface area contributed by atoms with Gasteiger partial charge < -0.3 is 4.90 Å². The molecule has 13 heavy (non-hydrogen) atoms. The number of anilines is 1. The monoisotopic (exact) mass is 185 g/mol. The molecule has 0 spiro atoms. The average molecular weight is 185 g/mol. The van der Waals surface area contributed by atoms with E-state index in [2.05, 4.69) is 0 Å². The minimum Gasteiger partial charge on any atom is -0.316 e. The summed E-state index contributed by atoms with van der Waals surface area (Å²) in [6.45, 7) is 1.35. The third-order valence-corrected chi connectivity index (χ3v) is 1.76. The van der Waals surface area contributed by atoms with Crippen molar-refractivity contribution in [2.75, 3.05) is 11.9 Å². The Morgan fingerprint density at radius 1 is 1.31 bits per heavy atom. The van der Waals surface area contributed by atoms with Gasteiger partial charge in [0.05, 0.1) is 0 Å². The minimum atomic E-state index is -0.953. The second-order valence-corrected chi connectivity index (χ2v) is 2.68. The largest absolute Gasteiger partial charge is 0.316 e. The summed E-state index contributed by atoms with van der Waals surface area (Å²) < 4.78 is 25.2. The van der Waals surface area contributed by atoms with Crippen molar-refractivity contribution in [2.45, 2.75) is 6.92 Å². The van der Waals surface area contributed by atoms with Crippen molar-refractivity contribution in [1.82, 2.24) is 0 Å². The van der Waals surface area contributed by atoms with Crippen molar-refractivity contribution >= 4 is 11.6 Å². The SMILES string of the molecule is CC(=O)N(C)c1ccc(F)c(F)c1. The molecule has 0 heterocycles. The molecular formula is C9H9F2NO. The minimum absolute atomic E-state index is 0.231. The maximum Gasteiger partial charge on any atom is 0.223 e. The van der Waals surface area contributed by atoms with Gasteiger partial charge in [0, 0.05) is 25.7 Å². The van der Waals surface area contributed by atoms with E-state index in [-0.39, 0.29) is 5.91 Å². The summed E-state index contributed by atoms with van der Waals surface area (Å²) >= 11 is 0. The van der Waals surface area contributed by atoms with Crippen LogP contribution in [0, 0.1) is 11.6 Å². The van der Waals surface area contributed by atoms with Crippen LogP contribution in [-0.4, -0.2) is 13.0 Å². The van der Waals surface area contributed by atoms with Crippen LogP contribution >= 0.6 is 0 Å². The predicted molar refractivity (Wildman–Crippen MR) is 45.4 cm³/mol. The van der Waals surface area contributed by atoms with Crippen molar-refractivity contribution in [3.63, 3.8) is 0 Å². The summed E-state index contributed by atoms with van der Waals surface area (Å²) in [5.74, 6) is -2.10. The van der Waals surface area contributed by atoms with E-state index >= 15 is 0 Å². The lowest BCUT2D eigenvalue weighted by Crippen LogP contribution is -2.22. The molecular weight excluding hydrogens is 176 g/mol. The first kappa shape index (κ1) is 9.64. The molecule has 0 aromatic heterocycles. The Labute approximate surface area is 74.8 Å². The first-order valence-corrected chi connectivity index (χ1v) is 3.71. The highest BCUT2D eigenvalue weighted by atomic mass is 19.2. The summed E-state index contributed by atoms with van der Waals surface area (Å²) in [5.41, 5.74) is 0.339. The van der Waals surface area contributed by atoms with Gasteiger partial charge in [0.1, 0.15) is 0 Å². The Morgan fingerprint density at radius 3 is 2.38 bits per heavy atom. The number of rotatable bonds is 1. The van der Waals surface area contributed by atoms with Crippen molar-refractivity contribution in [2.24, 2.45) is 0 Å². The zero-order valence-corrected chi connectivity index (χ0v) is 7.34. The third-order valence-electron chi connectivity index (χ3n) is 1.76. The zero-order valence-electron chi connectivity index (χ0n) is 7.34. The van der Waals surface area contributed by atoms with Gasteiger partial charge in [0.2, 0.25) is 5.91 Å². The fourth-order valence-electron chi connectivity index (χ4n) is 0.875. The summed E-state index contributed by atoms with van der Waals surface area (Å²) in [7, 11) is 1.50. The fraction of sp³-hybridized carbons (Fsp3) is 0.222. The van der Waals surface area contributed by atoms with Gasteiger partial charge in [-0.25, -0.2) is 8.78 Å². The van der Waals surface area contributed by atoms with Crippen LogP contribution in [0.1, 0.15) is 6.92 Å². The quantitative estimate of drug-likeness (QED) is 0.654. The standard InChI is InChI=1S/C9H9F2NO/c1-6(13)12(2)7-3-4-8(10)9(11)5-7/h3-5H,1-2H3. The van der Waals surface area contributed by atoms with Crippen LogP contribution in [0.3, 0.4) is 0 Å². The molecule has 0 saturated carbocycles. The molecule has 1 aromatic rings. The number of hydrogen-bond donors (Lipinski definition) is 0. The lowest BCUT2D eigenvalue weighted by Gasteiger charge is -2.14. The first-order chi connectivity index (χ1) is 6.02. The van der Waals surface area contributed by atoms with E-state index < -0.39 is 11.6 Å². The van der Waals surface area contributed by atoms with Crippen LogP contribution in [0.2, 0.25) is 0 Å². The van der Waals surface area contributed by atoms with E-state index in [9.17, 15) is 13.6 Å². The highest BCUT2D eigenvalue weighted by Crippen LogP contribution is 2.16. The van der Waals surface area contributed by atoms with Gasteiger partial charge in [-0.3, -0.25) is 4.79 Å². The lowest BCUT2D eigenvalue weighted by atomic mass is 10.3. The molecule has 0 N–H and O–H groups in total. The summed E-state index contributed by atoms with van der Waals surface area (Å²) in [6, 6.07) is 3.32. The van der Waals surface area contributed by atoms with Gasteiger partial charge in [0.15, 0.2) is 11.6 Å². The second-order valence-electron chi connectivity index (χ2n) is 2.68. The molecule has 0 aliphatic carbocycles. The van der Waals surface area contributed by atoms with Crippen molar-refractivity contribution in [3.05, 3.63) is 29.8 Å². The smallest absolute Gasteiger partial charge is 0.223 e. The predicted octanol–water partition coefficient (Wildman–Crippen LogP) is 1.95. The van der Waals surface area contributed by atoms with Gasteiger partial charge in [0.25, 0.3) is 0 Å². The van der Waals surface area contributed by atoms with E-state index in [0.29, 0.717) is 5.69 Å². The molecule has 4 heteroatoms. The number of carbonyl (C=O) groups excluding carboxylic acids is 1. The van der Waals surface area contributed by atoms with Crippen molar-refractivity contribution in [3.8, 4) is 0 Å². The molecule has 0 atom stereocenters. The average Bonchev–Trinajstić information content (AvgIpc) is 2.08. The maximum atomic E-state index is 12.7. The molecule has 2 nitrogen and oxygen atoms in total. The molecule has 0 aliphatic heterocycles. The molecule has 0 aliphatic rings. The molecule has 70 valence electrons. The Balaban J connectivity index is 3.03. The van der Waals surface area contributed by atoms with Gasteiger partial charge in [-0.1, -0.05) is 0 Å². The third kappa shape index (κ3) is 2.02. The molecule has 1 aromatic carbocycles. The number of benzene rings is 1. The number of halogens is 2. The number of nitrogens with zero attached hydrogens (tertiary/aromatic N) is 1. The van der Waals surface area contributed by atoms with Gasteiger partial charge >= 0.3 is 0 Å². The normalized spacial score (nSPS) is 9.85. The van der Waals surface area contributed by atoms with E-state index in [4.69, 9.17) is 0 Å². The zero-order chi connectivity index (χ0) is 10.0. The van der Waals surface area contributed by atoms with E-state index in [1.807, 2.05) is 0 Å². The van der Waals surface area contributed by atoms with Crippen LogP contribution < -0.4 is 4.90 Å². The van der Waals surface area contributed by atoms with Crippen LogP contribution in [0.15, 0.2) is 18.2 Å². The number of hydrogen-bond acceptors (Lipinski definition) is 1. The molecule has 0 saturated heterocycles. The molecule has 0 fully saturated rings. The first-order valence-electron chi connectivity index (χ1n) is 3.71. The number of amides is 1. The van der Waals surface area contributed by atoms with Crippen LogP contribution in [0.5, 0.6) is 0 Å². The Hall–Kier alpha value is -1.45. The van der Waals surface area contributed by atoms with Crippen LogP contribution in [0.4, 0.5) is 14.5 Å². The van der Waals surface area contributed by atoms with Gasteiger partial charge in [-0.05, 0) is 12.1 Å².